The van der Waals surface area contributed by atoms with Crippen LogP contribution >= 0.6 is 11.8 Å². The van der Waals surface area contributed by atoms with Gasteiger partial charge in [0.15, 0.2) is 0 Å². The van der Waals surface area contributed by atoms with E-state index in [1.54, 1.807) is 6.08 Å². The van der Waals surface area contributed by atoms with Crippen LogP contribution in [0, 0.1) is 0 Å². The number of hydrogen-bond acceptors (Lipinski definition) is 2. The number of hydrogen-bond donors (Lipinski definition) is 2. The molecule has 1 unspecified atom stereocenters. The number of urea groups is 1. The molecule has 1 aliphatic rings. The van der Waals surface area contributed by atoms with Gasteiger partial charge < -0.3 is 10.6 Å². The molecule has 0 aromatic rings. The van der Waals surface area contributed by atoms with Gasteiger partial charge in [-0.1, -0.05) is 6.08 Å². The van der Waals surface area contributed by atoms with Crippen LogP contribution in [0.2, 0.25) is 0 Å². The second-order valence-corrected chi connectivity index (χ2v) is 3.85. The Labute approximate surface area is 77.0 Å². The molecule has 3 nitrogen and oxygen atoms in total. The van der Waals surface area contributed by atoms with Crippen molar-refractivity contribution in [1.29, 1.82) is 0 Å². The molecule has 1 aliphatic heterocycles. The van der Waals surface area contributed by atoms with Gasteiger partial charge in [0.2, 0.25) is 0 Å². The van der Waals surface area contributed by atoms with Crippen LogP contribution < -0.4 is 10.6 Å². The molecule has 2 amide bonds. The van der Waals surface area contributed by atoms with Gasteiger partial charge in [0, 0.05) is 18.3 Å². The summed E-state index contributed by atoms with van der Waals surface area (Å²) in [6.45, 7) is 4.05. The number of carbonyl (C=O) groups excluding carboxylic acids is 1. The highest BCUT2D eigenvalue weighted by molar-refractivity contribution is 7.99. The third-order valence-electron chi connectivity index (χ3n) is 1.67. The number of carbonyl (C=O) groups is 1. The van der Waals surface area contributed by atoms with E-state index in [1.165, 1.54) is 0 Å². The Morgan fingerprint density at radius 1 is 1.75 bits per heavy atom. The average Bonchev–Trinajstić information content (AvgIpc) is 2.53. The Morgan fingerprint density at radius 2 is 2.58 bits per heavy atom. The third kappa shape index (κ3) is 3.17. The van der Waals surface area contributed by atoms with E-state index >= 15 is 0 Å². The molecule has 12 heavy (non-hydrogen) atoms. The zero-order valence-corrected chi connectivity index (χ0v) is 7.82. The maximum atomic E-state index is 11.1. The second-order valence-electron chi connectivity index (χ2n) is 2.70. The molecule has 0 aromatic heterocycles. The van der Waals surface area contributed by atoms with E-state index in [2.05, 4.69) is 17.2 Å². The van der Waals surface area contributed by atoms with Crippen molar-refractivity contribution in [2.24, 2.45) is 0 Å². The fraction of sp³-hybridized carbons (Fsp3) is 0.625. The maximum absolute atomic E-state index is 11.1. The van der Waals surface area contributed by atoms with Crippen molar-refractivity contribution in [2.75, 3.05) is 18.1 Å². The van der Waals surface area contributed by atoms with Gasteiger partial charge in [0.25, 0.3) is 0 Å². The summed E-state index contributed by atoms with van der Waals surface area (Å²) in [4.78, 5) is 11.1. The number of thioether (sulfide) groups is 1. The summed E-state index contributed by atoms with van der Waals surface area (Å²) in [5.41, 5.74) is 0. The fourth-order valence-electron chi connectivity index (χ4n) is 1.05. The Balaban J connectivity index is 2.11. The SMILES string of the molecule is C=CCNC(=O)NC1CCSC1. The molecule has 0 aromatic carbocycles. The zero-order chi connectivity index (χ0) is 8.81. The molecular weight excluding hydrogens is 172 g/mol. The van der Waals surface area contributed by atoms with Gasteiger partial charge in [-0.25, -0.2) is 4.79 Å². The van der Waals surface area contributed by atoms with Gasteiger partial charge in [0.05, 0.1) is 0 Å². The molecule has 1 rings (SSSR count). The van der Waals surface area contributed by atoms with E-state index in [0.29, 0.717) is 12.6 Å². The first-order chi connectivity index (χ1) is 5.83. The van der Waals surface area contributed by atoms with E-state index in [4.69, 9.17) is 0 Å². The Kier molecular flexibility index (Phi) is 4.00. The Hall–Kier alpha value is -0.640. The van der Waals surface area contributed by atoms with E-state index in [9.17, 15) is 4.79 Å². The predicted octanol–water partition coefficient (Wildman–Crippen LogP) is 0.977. The summed E-state index contributed by atoms with van der Waals surface area (Å²) in [7, 11) is 0. The van der Waals surface area contributed by atoms with Crippen LogP contribution in [0.4, 0.5) is 4.79 Å². The minimum absolute atomic E-state index is 0.0811. The molecule has 0 radical (unpaired) electrons. The van der Waals surface area contributed by atoms with Crippen molar-refractivity contribution >= 4 is 17.8 Å². The van der Waals surface area contributed by atoms with Gasteiger partial charge in [-0.3, -0.25) is 0 Å². The van der Waals surface area contributed by atoms with Crippen molar-refractivity contribution < 1.29 is 4.79 Å². The molecule has 2 N–H and O–H groups in total. The smallest absolute Gasteiger partial charge is 0.315 e. The molecule has 4 heteroatoms. The minimum atomic E-state index is -0.0811. The van der Waals surface area contributed by atoms with Crippen LogP contribution in [0.15, 0.2) is 12.7 Å². The molecule has 1 fully saturated rings. The van der Waals surface area contributed by atoms with Crippen molar-refractivity contribution in [2.45, 2.75) is 12.5 Å². The molecule has 1 heterocycles. The zero-order valence-electron chi connectivity index (χ0n) is 7.01. The molecular formula is C8H14N2OS. The highest BCUT2D eigenvalue weighted by Crippen LogP contribution is 2.16. The lowest BCUT2D eigenvalue weighted by Crippen LogP contribution is -2.42. The van der Waals surface area contributed by atoms with Gasteiger partial charge >= 0.3 is 6.03 Å². The lowest BCUT2D eigenvalue weighted by Gasteiger charge is -2.10. The fourth-order valence-corrected chi connectivity index (χ4v) is 2.20. The topological polar surface area (TPSA) is 41.1 Å². The van der Waals surface area contributed by atoms with Gasteiger partial charge in [-0.05, 0) is 12.2 Å². The summed E-state index contributed by atoms with van der Waals surface area (Å²) in [5, 5.41) is 5.58. The monoisotopic (exact) mass is 186 g/mol. The first-order valence-corrected chi connectivity index (χ1v) is 5.21. The number of nitrogens with one attached hydrogen (secondary N) is 2. The van der Waals surface area contributed by atoms with Crippen LogP contribution in [0.1, 0.15) is 6.42 Å². The van der Waals surface area contributed by atoms with Crippen molar-refractivity contribution in [3.8, 4) is 0 Å². The quantitative estimate of drug-likeness (QED) is 0.645. The third-order valence-corrected chi connectivity index (χ3v) is 2.83. The molecule has 1 saturated heterocycles. The highest BCUT2D eigenvalue weighted by Gasteiger charge is 2.16. The molecule has 0 bridgehead atoms. The standard InChI is InChI=1S/C8H14N2OS/c1-2-4-9-8(11)10-7-3-5-12-6-7/h2,7H,1,3-6H2,(H2,9,10,11). The van der Waals surface area contributed by atoms with Gasteiger partial charge in [0.1, 0.15) is 0 Å². The highest BCUT2D eigenvalue weighted by atomic mass is 32.2. The lowest BCUT2D eigenvalue weighted by molar-refractivity contribution is 0.239. The van der Waals surface area contributed by atoms with Crippen LogP contribution in [0.5, 0.6) is 0 Å². The number of rotatable bonds is 3. The largest absolute Gasteiger partial charge is 0.335 e. The maximum Gasteiger partial charge on any atom is 0.315 e. The normalized spacial score (nSPS) is 21.8. The Bertz CT molecular complexity index is 166. The first-order valence-electron chi connectivity index (χ1n) is 4.06. The molecule has 0 aliphatic carbocycles. The molecule has 1 atom stereocenters. The second kappa shape index (κ2) is 5.09. The van der Waals surface area contributed by atoms with Gasteiger partial charge in [-0.15, -0.1) is 6.58 Å². The summed E-state index contributed by atoms with van der Waals surface area (Å²) in [6, 6.07) is 0.280. The first kappa shape index (κ1) is 9.45. The summed E-state index contributed by atoms with van der Waals surface area (Å²) < 4.78 is 0. The van der Waals surface area contributed by atoms with E-state index in [0.717, 1.165) is 17.9 Å². The van der Waals surface area contributed by atoms with Crippen LogP contribution in [-0.2, 0) is 0 Å². The van der Waals surface area contributed by atoms with Crippen LogP contribution in [-0.4, -0.2) is 30.1 Å². The van der Waals surface area contributed by atoms with Crippen LogP contribution in [0.3, 0.4) is 0 Å². The summed E-state index contributed by atoms with van der Waals surface area (Å²) in [6.07, 6.45) is 2.76. The minimum Gasteiger partial charge on any atom is -0.335 e. The molecule has 0 saturated carbocycles. The van der Waals surface area contributed by atoms with Crippen LogP contribution in [0.25, 0.3) is 0 Å². The predicted molar refractivity (Wildman–Crippen MR) is 52.5 cm³/mol. The van der Waals surface area contributed by atoms with E-state index in [1.807, 2.05) is 11.8 Å². The lowest BCUT2D eigenvalue weighted by atomic mass is 10.3. The van der Waals surface area contributed by atoms with Crippen molar-refractivity contribution in [3.63, 3.8) is 0 Å². The van der Waals surface area contributed by atoms with E-state index in [-0.39, 0.29) is 6.03 Å². The average molecular weight is 186 g/mol. The summed E-state index contributed by atoms with van der Waals surface area (Å²) >= 11 is 1.89. The van der Waals surface area contributed by atoms with Crippen molar-refractivity contribution in [1.82, 2.24) is 10.6 Å². The van der Waals surface area contributed by atoms with Crippen molar-refractivity contribution in [3.05, 3.63) is 12.7 Å². The number of amides is 2. The summed E-state index contributed by atoms with van der Waals surface area (Å²) in [5.74, 6) is 2.20. The molecule has 68 valence electrons. The van der Waals surface area contributed by atoms with Gasteiger partial charge in [-0.2, -0.15) is 11.8 Å². The molecule has 0 spiro atoms. The van der Waals surface area contributed by atoms with E-state index < -0.39 is 0 Å². The Morgan fingerprint density at radius 3 is 3.17 bits per heavy atom.